The van der Waals surface area contributed by atoms with Crippen molar-refractivity contribution >= 4 is 11.7 Å². The molecule has 0 radical (unpaired) electrons. The van der Waals surface area contributed by atoms with E-state index in [-0.39, 0.29) is 11.6 Å². The van der Waals surface area contributed by atoms with Gasteiger partial charge in [0.2, 0.25) is 0 Å². The van der Waals surface area contributed by atoms with Gasteiger partial charge in [0, 0.05) is 12.5 Å². The number of carbonyl (C=O) groups is 1. The zero-order valence-electron chi connectivity index (χ0n) is 9.82. The number of carboxylic acids is 1. The summed E-state index contributed by atoms with van der Waals surface area (Å²) in [5.74, 6) is -0.347. The maximum absolute atomic E-state index is 11.0. The van der Waals surface area contributed by atoms with E-state index in [1.807, 2.05) is 20.8 Å². The van der Waals surface area contributed by atoms with Crippen LogP contribution in [0.5, 0.6) is 0 Å². The van der Waals surface area contributed by atoms with Gasteiger partial charge in [-0.2, -0.15) is 0 Å². The van der Waals surface area contributed by atoms with Gasteiger partial charge in [0.05, 0.1) is 11.9 Å². The molecule has 16 heavy (non-hydrogen) atoms. The van der Waals surface area contributed by atoms with Crippen LogP contribution in [0.25, 0.3) is 0 Å². The number of nitrogens with zero attached hydrogens (tertiary/aromatic N) is 2. The second-order valence-electron chi connectivity index (χ2n) is 3.88. The Kier molecular flexibility index (Phi) is 4.22. The van der Waals surface area contributed by atoms with Gasteiger partial charge in [-0.25, -0.2) is 14.8 Å². The molecule has 0 unspecified atom stereocenters. The molecule has 0 saturated heterocycles. The van der Waals surface area contributed by atoms with Crippen LogP contribution in [0.2, 0.25) is 0 Å². The van der Waals surface area contributed by atoms with Gasteiger partial charge < -0.3 is 10.4 Å². The summed E-state index contributed by atoms with van der Waals surface area (Å²) >= 11 is 0. The SMILES string of the molecule is CCCNc1cnc(C(C)C)nc1C(=O)O. The maximum atomic E-state index is 11.0. The molecule has 0 amide bonds. The van der Waals surface area contributed by atoms with Gasteiger partial charge in [-0.3, -0.25) is 0 Å². The molecular formula is C11H17N3O2. The Balaban J connectivity index is 3.04. The van der Waals surface area contributed by atoms with Crippen LogP contribution in [0.4, 0.5) is 5.69 Å². The Labute approximate surface area is 94.9 Å². The largest absolute Gasteiger partial charge is 0.476 e. The Bertz CT molecular complexity index is 377. The molecule has 1 aromatic heterocycles. The minimum Gasteiger partial charge on any atom is -0.476 e. The van der Waals surface area contributed by atoms with E-state index in [4.69, 9.17) is 5.11 Å². The average Bonchev–Trinajstić information content (AvgIpc) is 2.25. The molecule has 0 bridgehead atoms. The second kappa shape index (κ2) is 5.44. The fourth-order valence-corrected chi connectivity index (χ4v) is 1.23. The number of aromatic carboxylic acids is 1. The Morgan fingerprint density at radius 3 is 2.75 bits per heavy atom. The van der Waals surface area contributed by atoms with Gasteiger partial charge in [0.1, 0.15) is 5.82 Å². The molecule has 0 aliphatic heterocycles. The maximum Gasteiger partial charge on any atom is 0.356 e. The first kappa shape index (κ1) is 12.4. The molecule has 0 aliphatic carbocycles. The highest BCUT2D eigenvalue weighted by Gasteiger charge is 2.14. The lowest BCUT2D eigenvalue weighted by Crippen LogP contribution is -2.12. The quantitative estimate of drug-likeness (QED) is 0.799. The third-order valence-electron chi connectivity index (χ3n) is 2.09. The van der Waals surface area contributed by atoms with Crippen molar-refractivity contribution in [1.29, 1.82) is 0 Å². The molecule has 0 aromatic carbocycles. The van der Waals surface area contributed by atoms with E-state index < -0.39 is 5.97 Å². The summed E-state index contributed by atoms with van der Waals surface area (Å²) in [6.45, 7) is 6.58. The van der Waals surface area contributed by atoms with Crippen molar-refractivity contribution in [3.8, 4) is 0 Å². The van der Waals surface area contributed by atoms with E-state index in [0.29, 0.717) is 18.1 Å². The summed E-state index contributed by atoms with van der Waals surface area (Å²) in [5, 5.41) is 12.0. The van der Waals surface area contributed by atoms with Crippen LogP contribution < -0.4 is 5.32 Å². The number of hydrogen-bond donors (Lipinski definition) is 2. The Morgan fingerprint density at radius 2 is 2.25 bits per heavy atom. The first-order valence-electron chi connectivity index (χ1n) is 5.40. The highest BCUT2D eigenvalue weighted by atomic mass is 16.4. The number of anilines is 1. The van der Waals surface area contributed by atoms with Crippen LogP contribution in [0.1, 0.15) is 49.4 Å². The van der Waals surface area contributed by atoms with Gasteiger partial charge in [0.25, 0.3) is 0 Å². The predicted molar refractivity (Wildman–Crippen MR) is 61.9 cm³/mol. The molecule has 2 N–H and O–H groups in total. The lowest BCUT2D eigenvalue weighted by atomic mass is 10.2. The van der Waals surface area contributed by atoms with Crippen LogP contribution in [-0.4, -0.2) is 27.6 Å². The number of hydrogen-bond acceptors (Lipinski definition) is 4. The summed E-state index contributed by atoms with van der Waals surface area (Å²) < 4.78 is 0. The van der Waals surface area contributed by atoms with Crippen molar-refractivity contribution < 1.29 is 9.90 Å². The normalized spacial score (nSPS) is 10.5. The number of carboxylic acid groups (broad SMARTS) is 1. The average molecular weight is 223 g/mol. The zero-order chi connectivity index (χ0) is 12.1. The summed E-state index contributed by atoms with van der Waals surface area (Å²) in [4.78, 5) is 19.2. The third kappa shape index (κ3) is 2.92. The van der Waals surface area contributed by atoms with E-state index in [1.165, 1.54) is 0 Å². The van der Waals surface area contributed by atoms with Crippen LogP contribution in [-0.2, 0) is 0 Å². The fourth-order valence-electron chi connectivity index (χ4n) is 1.23. The molecular weight excluding hydrogens is 206 g/mol. The van der Waals surface area contributed by atoms with Crippen molar-refractivity contribution in [2.24, 2.45) is 0 Å². The van der Waals surface area contributed by atoms with Crippen molar-refractivity contribution in [3.05, 3.63) is 17.7 Å². The van der Waals surface area contributed by atoms with Crippen LogP contribution in [0, 0.1) is 0 Å². The van der Waals surface area contributed by atoms with Gasteiger partial charge in [-0.05, 0) is 6.42 Å². The van der Waals surface area contributed by atoms with E-state index in [9.17, 15) is 4.79 Å². The standard InChI is InChI=1S/C11H17N3O2/c1-4-5-12-8-6-13-10(7(2)3)14-9(8)11(15)16/h6-7,12H,4-5H2,1-3H3,(H,15,16). The summed E-state index contributed by atoms with van der Waals surface area (Å²) in [7, 11) is 0. The molecule has 88 valence electrons. The molecule has 5 nitrogen and oxygen atoms in total. The van der Waals surface area contributed by atoms with Crippen molar-refractivity contribution in [1.82, 2.24) is 9.97 Å². The van der Waals surface area contributed by atoms with Crippen molar-refractivity contribution in [3.63, 3.8) is 0 Å². The van der Waals surface area contributed by atoms with E-state index >= 15 is 0 Å². The van der Waals surface area contributed by atoms with Gasteiger partial charge in [-0.15, -0.1) is 0 Å². The number of aromatic nitrogens is 2. The number of rotatable bonds is 5. The number of nitrogens with one attached hydrogen (secondary N) is 1. The topological polar surface area (TPSA) is 75.1 Å². The first-order chi connectivity index (χ1) is 7.56. The molecule has 5 heteroatoms. The monoisotopic (exact) mass is 223 g/mol. The molecule has 1 heterocycles. The van der Waals surface area contributed by atoms with Gasteiger partial charge >= 0.3 is 5.97 Å². The fraction of sp³-hybridized carbons (Fsp3) is 0.545. The smallest absolute Gasteiger partial charge is 0.356 e. The van der Waals surface area contributed by atoms with Gasteiger partial charge in [-0.1, -0.05) is 20.8 Å². The van der Waals surface area contributed by atoms with Crippen LogP contribution in [0.3, 0.4) is 0 Å². The third-order valence-corrected chi connectivity index (χ3v) is 2.09. The molecule has 1 aromatic rings. The lowest BCUT2D eigenvalue weighted by molar-refractivity contribution is 0.0691. The van der Waals surface area contributed by atoms with Crippen molar-refractivity contribution in [2.75, 3.05) is 11.9 Å². The zero-order valence-corrected chi connectivity index (χ0v) is 9.82. The van der Waals surface area contributed by atoms with E-state index in [1.54, 1.807) is 6.20 Å². The van der Waals surface area contributed by atoms with Crippen LogP contribution in [0.15, 0.2) is 6.20 Å². The van der Waals surface area contributed by atoms with E-state index in [0.717, 1.165) is 6.42 Å². The molecule has 0 fully saturated rings. The summed E-state index contributed by atoms with van der Waals surface area (Å²) in [6, 6.07) is 0. The predicted octanol–water partition coefficient (Wildman–Crippen LogP) is 2.12. The van der Waals surface area contributed by atoms with Crippen LogP contribution >= 0.6 is 0 Å². The van der Waals surface area contributed by atoms with E-state index in [2.05, 4.69) is 15.3 Å². The molecule has 1 rings (SSSR count). The summed E-state index contributed by atoms with van der Waals surface area (Å²) in [5.41, 5.74) is 0.533. The lowest BCUT2D eigenvalue weighted by Gasteiger charge is -2.10. The first-order valence-corrected chi connectivity index (χ1v) is 5.40. The molecule has 0 spiro atoms. The summed E-state index contributed by atoms with van der Waals surface area (Å²) in [6.07, 6.45) is 2.46. The second-order valence-corrected chi connectivity index (χ2v) is 3.88. The van der Waals surface area contributed by atoms with Crippen molar-refractivity contribution in [2.45, 2.75) is 33.1 Å². The minimum absolute atomic E-state index is 0.0483. The van der Waals surface area contributed by atoms with Gasteiger partial charge in [0.15, 0.2) is 5.69 Å². The highest BCUT2D eigenvalue weighted by molar-refractivity contribution is 5.91. The Morgan fingerprint density at radius 1 is 1.56 bits per heavy atom. The molecule has 0 atom stereocenters. The highest BCUT2D eigenvalue weighted by Crippen LogP contribution is 2.16. The molecule has 0 saturated carbocycles. The Hall–Kier alpha value is -1.65. The molecule has 0 aliphatic rings. The minimum atomic E-state index is -1.03.